The standard InChI is InChI=1S/C25H27N3O4/c1-2-14-28(17-24-26-27-25(32-24)23-9-6-15-30-23)16-21(29)18-31-22-12-10-20(11-13-22)19-7-4-3-5-8-19/h3-13,15,21,29H,2,14,16-18H2,1H3. The van der Waals surface area contributed by atoms with Gasteiger partial charge < -0.3 is 18.7 Å². The van der Waals surface area contributed by atoms with E-state index in [0.717, 1.165) is 29.8 Å². The van der Waals surface area contributed by atoms with Gasteiger partial charge in [0.1, 0.15) is 18.5 Å². The number of nitrogens with zero attached hydrogens (tertiary/aromatic N) is 3. The smallest absolute Gasteiger partial charge is 0.283 e. The van der Waals surface area contributed by atoms with Gasteiger partial charge in [-0.2, -0.15) is 0 Å². The van der Waals surface area contributed by atoms with Crippen LogP contribution in [0, 0.1) is 0 Å². The van der Waals surface area contributed by atoms with Gasteiger partial charge in [-0.25, -0.2) is 0 Å². The van der Waals surface area contributed by atoms with Crippen LogP contribution < -0.4 is 4.74 Å². The van der Waals surface area contributed by atoms with E-state index in [4.69, 9.17) is 13.6 Å². The molecule has 0 fully saturated rings. The molecule has 0 radical (unpaired) electrons. The summed E-state index contributed by atoms with van der Waals surface area (Å²) in [5.41, 5.74) is 2.28. The number of benzene rings is 2. The van der Waals surface area contributed by atoms with Crippen LogP contribution in [0.2, 0.25) is 0 Å². The Bertz CT molecular complexity index is 1060. The number of rotatable bonds is 11. The fourth-order valence-electron chi connectivity index (χ4n) is 3.48. The molecule has 0 spiro atoms. The average Bonchev–Trinajstić information content (AvgIpc) is 3.51. The van der Waals surface area contributed by atoms with E-state index in [2.05, 4.69) is 34.2 Å². The third-order valence-electron chi connectivity index (χ3n) is 4.97. The fourth-order valence-corrected chi connectivity index (χ4v) is 3.48. The van der Waals surface area contributed by atoms with Gasteiger partial charge >= 0.3 is 0 Å². The van der Waals surface area contributed by atoms with Crippen LogP contribution in [0.25, 0.3) is 22.8 Å². The molecule has 4 rings (SSSR count). The summed E-state index contributed by atoms with van der Waals surface area (Å²) in [6.07, 6.45) is 1.85. The average molecular weight is 434 g/mol. The number of aliphatic hydroxyl groups excluding tert-OH is 1. The van der Waals surface area contributed by atoms with Crippen molar-refractivity contribution in [3.05, 3.63) is 78.9 Å². The molecule has 0 aliphatic rings. The molecule has 32 heavy (non-hydrogen) atoms. The molecule has 1 N–H and O–H groups in total. The third kappa shape index (κ3) is 5.84. The van der Waals surface area contributed by atoms with E-state index in [1.807, 2.05) is 42.5 Å². The first-order valence-electron chi connectivity index (χ1n) is 10.8. The molecule has 2 heterocycles. The Labute approximate surface area is 187 Å². The summed E-state index contributed by atoms with van der Waals surface area (Å²) in [6.45, 7) is 3.97. The summed E-state index contributed by atoms with van der Waals surface area (Å²) in [7, 11) is 0. The topological polar surface area (TPSA) is 84.8 Å². The molecule has 7 nitrogen and oxygen atoms in total. The lowest BCUT2D eigenvalue weighted by atomic mass is 10.1. The number of aromatic nitrogens is 2. The van der Waals surface area contributed by atoms with Crippen LogP contribution >= 0.6 is 0 Å². The lowest BCUT2D eigenvalue weighted by Gasteiger charge is -2.23. The van der Waals surface area contributed by atoms with Gasteiger partial charge in [0.25, 0.3) is 5.89 Å². The summed E-state index contributed by atoms with van der Waals surface area (Å²) >= 11 is 0. The Morgan fingerprint density at radius 3 is 2.47 bits per heavy atom. The Morgan fingerprint density at radius 1 is 0.969 bits per heavy atom. The van der Waals surface area contributed by atoms with Crippen LogP contribution in [0.1, 0.15) is 19.2 Å². The molecule has 2 aromatic carbocycles. The van der Waals surface area contributed by atoms with Gasteiger partial charge in [-0.05, 0) is 48.4 Å². The van der Waals surface area contributed by atoms with Crippen molar-refractivity contribution in [1.82, 2.24) is 15.1 Å². The molecule has 0 amide bonds. The maximum absolute atomic E-state index is 10.5. The van der Waals surface area contributed by atoms with Gasteiger partial charge in [-0.3, -0.25) is 4.90 Å². The van der Waals surface area contributed by atoms with E-state index in [0.29, 0.717) is 30.6 Å². The minimum atomic E-state index is -0.650. The normalized spacial score (nSPS) is 12.2. The Balaban J connectivity index is 1.29. The highest BCUT2D eigenvalue weighted by Gasteiger charge is 2.17. The lowest BCUT2D eigenvalue weighted by molar-refractivity contribution is 0.0627. The van der Waals surface area contributed by atoms with Crippen molar-refractivity contribution in [2.45, 2.75) is 26.0 Å². The zero-order valence-electron chi connectivity index (χ0n) is 18.1. The van der Waals surface area contributed by atoms with Crippen molar-refractivity contribution in [3.8, 4) is 28.5 Å². The van der Waals surface area contributed by atoms with Crippen LogP contribution in [-0.2, 0) is 6.54 Å². The second kappa shape index (κ2) is 10.7. The molecule has 0 aliphatic heterocycles. The molecular formula is C25H27N3O4. The molecule has 7 heteroatoms. The summed E-state index contributed by atoms with van der Waals surface area (Å²) in [5, 5.41) is 18.7. The predicted molar refractivity (Wildman–Crippen MR) is 121 cm³/mol. The number of ether oxygens (including phenoxy) is 1. The van der Waals surface area contributed by atoms with Gasteiger partial charge in [0.2, 0.25) is 5.89 Å². The first-order valence-corrected chi connectivity index (χ1v) is 10.8. The second-order valence-corrected chi connectivity index (χ2v) is 7.57. The molecule has 0 saturated carbocycles. The highest BCUT2D eigenvalue weighted by Crippen LogP contribution is 2.22. The molecule has 1 atom stereocenters. The minimum absolute atomic E-state index is 0.201. The van der Waals surface area contributed by atoms with Crippen LogP contribution in [0.4, 0.5) is 0 Å². The Morgan fingerprint density at radius 2 is 1.75 bits per heavy atom. The SMILES string of the molecule is CCCN(Cc1nnc(-c2ccco2)o1)CC(O)COc1ccc(-c2ccccc2)cc1. The van der Waals surface area contributed by atoms with Crippen LogP contribution in [0.5, 0.6) is 5.75 Å². The highest BCUT2D eigenvalue weighted by atomic mass is 16.5. The molecule has 0 aliphatic carbocycles. The van der Waals surface area contributed by atoms with Crippen molar-refractivity contribution < 1.29 is 18.7 Å². The van der Waals surface area contributed by atoms with Crippen molar-refractivity contribution in [3.63, 3.8) is 0 Å². The zero-order chi connectivity index (χ0) is 22.2. The Kier molecular flexibility index (Phi) is 7.32. The van der Waals surface area contributed by atoms with Gasteiger partial charge in [0.15, 0.2) is 5.76 Å². The fraction of sp³-hybridized carbons (Fsp3) is 0.280. The van der Waals surface area contributed by atoms with Crippen molar-refractivity contribution >= 4 is 0 Å². The molecule has 2 aromatic heterocycles. The van der Waals surface area contributed by atoms with E-state index >= 15 is 0 Å². The largest absolute Gasteiger partial charge is 0.491 e. The minimum Gasteiger partial charge on any atom is -0.491 e. The Hall–Kier alpha value is -3.42. The molecule has 0 bridgehead atoms. The first-order chi connectivity index (χ1) is 15.7. The number of hydrogen-bond acceptors (Lipinski definition) is 7. The molecule has 0 saturated heterocycles. The van der Waals surface area contributed by atoms with E-state index in [-0.39, 0.29) is 6.61 Å². The van der Waals surface area contributed by atoms with Crippen molar-refractivity contribution in [2.75, 3.05) is 19.7 Å². The van der Waals surface area contributed by atoms with Crippen LogP contribution in [-0.4, -0.2) is 46.0 Å². The van der Waals surface area contributed by atoms with Gasteiger partial charge in [0, 0.05) is 6.54 Å². The summed E-state index contributed by atoms with van der Waals surface area (Å²) in [5.74, 6) is 2.10. The van der Waals surface area contributed by atoms with E-state index in [1.165, 1.54) is 0 Å². The summed E-state index contributed by atoms with van der Waals surface area (Å²) in [4.78, 5) is 2.08. The predicted octanol–water partition coefficient (Wildman–Crippen LogP) is 4.65. The van der Waals surface area contributed by atoms with E-state index in [9.17, 15) is 5.11 Å². The molecule has 1 unspecified atom stereocenters. The van der Waals surface area contributed by atoms with Crippen molar-refractivity contribution in [1.29, 1.82) is 0 Å². The lowest BCUT2D eigenvalue weighted by Crippen LogP contribution is -2.35. The first kappa shape index (κ1) is 21.8. The summed E-state index contributed by atoms with van der Waals surface area (Å²) in [6, 6.07) is 21.6. The van der Waals surface area contributed by atoms with Gasteiger partial charge in [0.05, 0.1) is 12.8 Å². The molecule has 4 aromatic rings. The number of hydrogen-bond donors (Lipinski definition) is 1. The third-order valence-corrected chi connectivity index (χ3v) is 4.97. The van der Waals surface area contributed by atoms with Crippen LogP contribution in [0.3, 0.4) is 0 Å². The summed E-state index contributed by atoms with van der Waals surface area (Å²) < 4.78 is 16.8. The monoisotopic (exact) mass is 433 g/mol. The van der Waals surface area contributed by atoms with E-state index in [1.54, 1.807) is 18.4 Å². The number of aliphatic hydroxyl groups is 1. The number of furan rings is 1. The van der Waals surface area contributed by atoms with Crippen molar-refractivity contribution in [2.24, 2.45) is 0 Å². The molecule has 166 valence electrons. The van der Waals surface area contributed by atoms with E-state index < -0.39 is 6.10 Å². The quantitative estimate of drug-likeness (QED) is 0.369. The maximum atomic E-state index is 10.5. The van der Waals surface area contributed by atoms with Gasteiger partial charge in [-0.1, -0.05) is 49.4 Å². The maximum Gasteiger partial charge on any atom is 0.283 e. The van der Waals surface area contributed by atoms with Crippen LogP contribution in [0.15, 0.2) is 81.8 Å². The highest BCUT2D eigenvalue weighted by molar-refractivity contribution is 5.63. The zero-order valence-corrected chi connectivity index (χ0v) is 18.1. The molecular weight excluding hydrogens is 406 g/mol. The van der Waals surface area contributed by atoms with Gasteiger partial charge in [-0.15, -0.1) is 10.2 Å². The second-order valence-electron chi connectivity index (χ2n) is 7.57.